The molecular formula is C32H40N4O7S. The lowest BCUT2D eigenvalue weighted by Gasteiger charge is -2.34. The van der Waals surface area contributed by atoms with Crippen LogP contribution < -0.4 is 14.4 Å². The SMILES string of the molecule is CC[C@H](C(=O)NC(C)(C)C)N(CCc1ccccc1)C(=O)CN(c1ccc(OC)cc1)S(=O)(=O)c1ccc(C)c([N+](=O)[O-])c1. The van der Waals surface area contributed by atoms with E-state index in [1.807, 2.05) is 51.1 Å². The van der Waals surface area contributed by atoms with Crippen LogP contribution in [0.15, 0.2) is 77.7 Å². The molecule has 236 valence electrons. The molecule has 0 heterocycles. The van der Waals surface area contributed by atoms with E-state index in [0.717, 1.165) is 15.9 Å². The second kappa shape index (κ2) is 14.3. The number of ether oxygens (including phenoxy) is 1. The fraction of sp³-hybridized carbons (Fsp3) is 0.375. The number of hydrogen-bond acceptors (Lipinski definition) is 7. The second-order valence-corrected chi connectivity index (χ2v) is 13.3. The number of benzene rings is 3. The topological polar surface area (TPSA) is 139 Å². The van der Waals surface area contributed by atoms with E-state index < -0.39 is 39.0 Å². The number of sulfonamides is 1. The minimum absolute atomic E-state index is 0.151. The van der Waals surface area contributed by atoms with E-state index in [1.165, 1.54) is 43.2 Å². The van der Waals surface area contributed by atoms with Crippen LogP contribution in [-0.4, -0.2) is 61.8 Å². The lowest BCUT2D eigenvalue weighted by atomic mass is 10.1. The van der Waals surface area contributed by atoms with E-state index in [1.54, 1.807) is 19.1 Å². The summed E-state index contributed by atoms with van der Waals surface area (Å²) in [5, 5.41) is 14.6. The Kier molecular flexibility index (Phi) is 11.1. The van der Waals surface area contributed by atoms with Gasteiger partial charge in [-0.15, -0.1) is 0 Å². The highest BCUT2D eigenvalue weighted by Gasteiger charge is 2.35. The summed E-state index contributed by atoms with van der Waals surface area (Å²) in [4.78, 5) is 39.6. The quantitative estimate of drug-likeness (QED) is 0.211. The molecular weight excluding hydrogens is 584 g/mol. The first-order chi connectivity index (χ1) is 20.7. The molecule has 0 saturated carbocycles. The molecule has 0 aromatic heterocycles. The first kappa shape index (κ1) is 34.0. The number of rotatable bonds is 13. The molecule has 0 unspecified atom stereocenters. The summed E-state index contributed by atoms with van der Waals surface area (Å²) >= 11 is 0. The molecule has 0 saturated heterocycles. The number of aryl methyl sites for hydroxylation is 1. The summed E-state index contributed by atoms with van der Waals surface area (Å²) in [6.45, 7) is 8.33. The van der Waals surface area contributed by atoms with E-state index in [9.17, 15) is 28.1 Å². The van der Waals surface area contributed by atoms with E-state index in [-0.39, 0.29) is 28.7 Å². The number of nitro benzene ring substituents is 1. The minimum atomic E-state index is -4.48. The molecule has 0 aliphatic carbocycles. The van der Waals surface area contributed by atoms with Crippen molar-refractivity contribution in [2.24, 2.45) is 0 Å². The average Bonchev–Trinajstić information content (AvgIpc) is 2.97. The zero-order valence-corrected chi connectivity index (χ0v) is 26.8. The third-order valence-electron chi connectivity index (χ3n) is 6.97. The third-order valence-corrected chi connectivity index (χ3v) is 8.74. The molecule has 12 heteroatoms. The van der Waals surface area contributed by atoms with Gasteiger partial charge in [-0.2, -0.15) is 0 Å². The van der Waals surface area contributed by atoms with Crippen molar-refractivity contribution in [2.75, 3.05) is 24.5 Å². The van der Waals surface area contributed by atoms with Crippen LogP contribution in [0.25, 0.3) is 0 Å². The van der Waals surface area contributed by atoms with Gasteiger partial charge in [-0.25, -0.2) is 8.42 Å². The van der Waals surface area contributed by atoms with E-state index >= 15 is 0 Å². The molecule has 0 bridgehead atoms. The number of carbonyl (C=O) groups is 2. The zero-order valence-electron chi connectivity index (χ0n) is 25.9. The van der Waals surface area contributed by atoms with Crippen molar-refractivity contribution in [1.29, 1.82) is 0 Å². The number of carbonyl (C=O) groups excluding carboxylic acids is 2. The van der Waals surface area contributed by atoms with Gasteiger partial charge in [0.25, 0.3) is 15.7 Å². The minimum Gasteiger partial charge on any atom is -0.497 e. The number of hydrogen-bond donors (Lipinski definition) is 1. The van der Waals surface area contributed by atoms with Gasteiger partial charge in [0.1, 0.15) is 18.3 Å². The number of nitro groups is 1. The molecule has 3 aromatic rings. The average molecular weight is 625 g/mol. The fourth-order valence-electron chi connectivity index (χ4n) is 4.70. The Morgan fingerprint density at radius 3 is 2.20 bits per heavy atom. The van der Waals surface area contributed by atoms with Crippen molar-refractivity contribution < 1.29 is 27.7 Å². The van der Waals surface area contributed by atoms with Crippen LogP contribution in [0.3, 0.4) is 0 Å². The van der Waals surface area contributed by atoms with E-state index in [2.05, 4.69) is 5.32 Å². The van der Waals surface area contributed by atoms with Crippen molar-refractivity contribution in [3.05, 3.63) is 94.0 Å². The summed E-state index contributed by atoms with van der Waals surface area (Å²) < 4.78 is 34.3. The van der Waals surface area contributed by atoms with Gasteiger partial charge in [-0.3, -0.25) is 24.0 Å². The van der Waals surface area contributed by atoms with Gasteiger partial charge < -0.3 is 15.0 Å². The van der Waals surface area contributed by atoms with Crippen LogP contribution in [0.4, 0.5) is 11.4 Å². The van der Waals surface area contributed by atoms with Crippen LogP contribution in [0, 0.1) is 17.0 Å². The van der Waals surface area contributed by atoms with Crippen LogP contribution >= 0.6 is 0 Å². The molecule has 0 spiro atoms. The summed E-state index contributed by atoms with van der Waals surface area (Å²) in [6.07, 6.45) is 0.729. The van der Waals surface area contributed by atoms with Crippen molar-refractivity contribution in [1.82, 2.24) is 10.2 Å². The zero-order chi connectivity index (χ0) is 32.7. The summed E-state index contributed by atoms with van der Waals surface area (Å²) in [7, 11) is -3.01. The molecule has 1 N–H and O–H groups in total. The van der Waals surface area contributed by atoms with E-state index in [0.29, 0.717) is 24.2 Å². The van der Waals surface area contributed by atoms with E-state index in [4.69, 9.17) is 4.74 Å². The lowest BCUT2D eigenvalue weighted by Crippen LogP contribution is -2.56. The van der Waals surface area contributed by atoms with Gasteiger partial charge in [-0.1, -0.05) is 43.3 Å². The van der Waals surface area contributed by atoms with Crippen LogP contribution in [0.1, 0.15) is 45.2 Å². The Balaban J connectivity index is 2.08. The van der Waals surface area contributed by atoms with Gasteiger partial charge >= 0.3 is 0 Å². The van der Waals surface area contributed by atoms with Crippen molar-refractivity contribution in [2.45, 2.75) is 63.9 Å². The first-order valence-electron chi connectivity index (χ1n) is 14.2. The predicted octanol–water partition coefficient (Wildman–Crippen LogP) is 4.87. The number of nitrogens with one attached hydrogen (secondary N) is 1. The largest absolute Gasteiger partial charge is 0.497 e. The fourth-order valence-corrected chi connectivity index (χ4v) is 6.13. The maximum absolute atomic E-state index is 14.2. The molecule has 0 aliphatic rings. The third kappa shape index (κ3) is 8.56. The Morgan fingerprint density at radius 1 is 1.02 bits per heavy atom. The van der Waals surface area contributed by atoms with Crippen LogP contribution in [-0.2, 0) is 26.0 Å². The summed E-state index contributed by atoms with van der Waals surface area (Å²) in [5.41, 5.74) is 0.475. The van der Waals surface area contributed by atoms with Crippen LogP contribution in [0.5, 0.6) is 5.75 Å². The van der Waals surface area contributed by atoms with Gasteiger partial charge in [0.05, 0.1) is 22.6 Å². The second-order valence-electron chi connectivity index (χ2n) is 11.4. The normalized spacial score (nSPS) is 12.2. The van der Waals surface area contributed by atoms with Gasteiger partial charge in [0.15, 0.2) is 0 Å². The van der Waals surface area contributed by atoms with Crippen LogP contribution in [0.2, 0.25) is 0 Å². The molecule has 0 fully saturated rings. The molecule has 3 aromatic carbocycles. The molecule has 44 heavy (non-hydrogen) atoms. The molecule has 3 rings (SSSR count). The number of anilines is 1. The smallest absolute Gasteiger partial charge is 0.273 e. The van der Waals surface area contributed by atoms with Gasteiger partial charge in [0, 0.05) is 23.7 Å². The Labute approximate surface area is 259 Å². The van der Waals surface area contributed by atoms with Gasteiger partial charge in [0.2, 0.25) is 11.8 Å². The monoisotopic (exact) mass is 624 g/mol. The summed E-state index contributed by atoms with van der Waals surface area (Å²) in [5.74, 6) is -0.481. The highest BCUT2D eigenvalue weighted by molar-refractivity contribution is 7.92. The maximum Gasteiger partial charge on any atom is 0.273 e. The first-order valence-corrected chi connectivity index (χ1v) is 15.7. The van der Waals surface area contributed by atoms with Crippen molar-refractivity contribution in [3.63, 3.8) is 0 Å². The lowest BCUT2D eigenvalue weighted by molar-refractivity contribution is -0.385. The Bertz CT molecular complexity index is 1570. The number of methoxy groups -OCH3 is 1. The molecule has 0 aliphatic heterocycles. The highest BCUT2D eigenvalue weighted by Crippen LogP contribution is 2.29. The molecule has 11 nitrogen and oxygen atoms in total. The Hall–Kier alpha value is -4.45. The predicted molar refractivity (Wildman–Crippen MR) is 169 cm³/mol. The standard InChI is InChI=1S/C32H40N4O7S/c1-7-28(31(38)33-32(3,4)5)34(20-19-24-11-9-8-10-12-24)30(37)22-35(25-14-16-26(43-6)17-15-25)44(41,42)27-18-13-23(2)29(21-27)36(39)40/h8-18,21,28H,7,19-20,22H2,1-6H3,(H,33,38)/t28-/m1/s1. The highest BCUT2D eigenvalue weighted by atomic mass is 32.2. The number of nitrogens with zero attached hydrogens (tertiary/aromatic N) is 3. The van der Waals surface area contributed by atoms with Crippen molar-refractivity contribution in [3.8, 4) is 5.75 Å². The Morgan fingerprint density at radius 2 is 1.66 bits per heavy atom. The van der Waals surface area contributed by atoms with Gasteiger partial charge in [-0.05, 0) is 76.4 Å². The summed E-state index contributed by atoms with van der Waals surface area (Å²) in [6, 6.07) is 18.3. The molecule has 0 radical (unpaired) electrons. The number of amides is 2. The van der Waals surface area contributed by atoms with Crippen molar-refractivity contribution >= 4 is 33.2 Å². The molecule has 1 atom stereocenters. The molecule has 2 amide bonds. The maximum atomic E-state index is 14.2.